The van der Waals surface area contributed by atoms with E-state index in [0.29, 0.717) is 43.9 Å². The number of ether oxygens (including phenoxy) is 3. The maximum absolute atomic E-state index is 12.5. The number of fused-ring (bicyclic) bond motifs is 1. The first-order valence-electron chi connectivity index (χ1n) is 9.65. The normalized spacial score (nSPS) is 17.0. The Morgan fingerprint density at radius 2 is 1.90 bits per heavy atom. The number of nitrogens with zero attached hydrogens (tertiary/aromatic N) is 2. The van der Waals surface area contributed by atoms with Crippen LogP contribution in [0.25, 0.3) is 10.8 Å². The molecule has 0 spiro atoms. The lowest BCUT2D eigenvalue weighted by atomic mass is 10.1. The Morgan fingerprint density at radius 1 is 1.07 bits per heavy atom. The predicted octanol–water partition coefficient (Wildman–Crippen LogP) is 2.35. The van der Waals surface area contributed by atoms with Gasteiger partial charge in [0, 0.05) is 18.2 Å². The van der Waals surface area contributed by atoms with Gasteiger partial charge in [0.25, 0.3) is 5.56 Å². The molecule has 2 aromatic carbocycles. The van der Waals surface area contributed by atoms with Gasteiger partial charge in [-0.1, -0.05) is 30.3 Å². The van der Waals surface area contributed by atoms with Crippen molar-refractivity contribution < 1.29 is 19.0 Å². The third-order valence-electron chi connectivity index (χ3n) is 4.79. The first-order chi connectivity index (χ1) is 14.2. The fourth-order valence-corrected chi connectivity index (χ4v) is 3.23. The summed E-state index contributed by atoms with van der Waals surface area (Å²) in [6, 6.07) is 14.9. The molecular formula is C22H22N2O5. The average molecular weight is 394 g/mol. The molecule has 0 aliphatic carbocycles. The minimum absolute atomic E-state index is 0.127. The van der Waals surface area contributed by atoms with E-state index in [9.17, 15) is 9.59 Å². The summed E-state index contributed by atoms with van der Waals surface area (Å²) >= 11 is 0. The van der Waals surface area contributed by atoms with Gasteiger partial charge in [0.1, 0.15) is 12.4 Å². The molecule has 1 unspecified atom stereocenters. The molecule has 4 rings (SSSR count). The van der Waals surface area contributed by atoms with E-state index in [4.69, 9.17) is 14.2 Å². The summed E-state index contributed by atoms with van der Waals surface area (Å²) < 4.78 is 17.8. The van der Waals surface area contributed by atoms with E-state index in [1.807, 2.05) is 42.5 Å². The zero-order valence-electron chi connectivity index (χ0n) is 16.0. The van der Waals surface area contributed by atoms with E-state index < -0.39 is 6.10 Å². The van der Waals surface area contributed by atoms with Crippen LogP contribution in [-0.4, -0.2) is 41.7 Å². The van der Waals surface area contributed by atoms with Gasteiger partial charge in [-0.3, -0.25) is 4.79 Å². The highest BCUT2D eigenvalue weighted by Crippen LogP contribution is 2.16. The molecule has 3 aromatic rings. The van der Waals surface area contributed by atoms with Gasteiger partial charge in [-0.2, -0.15) is 5.10 Å². The summed E-state index contributed by atoms with van der Waals surface area (Å²) in [7, 11) is 0. The Morgan fingerprint density at radius 3 is 2.76 bits per heavy atom. The second-order valence-corrected chi connectivity index (χ2v) is 6.84. The van der Waals surface area contributed by atoms with E-state index in [1.54, 1.807) is 12.3 Å². The van der Waals surface area contributed by atoms with Crippen LogP contribution in [0.15, 0.2) is 59.5 Å². The minimum atomic E-state index is -0.560. The van der Waals surface area contributed by atoms with Crippen molar-refractivity contribution in [3.8, 4) is 5.75 Å². The van der Waals surface area contributed by atoms with E-state index >= 15 is 0 Å². The van der Waals surface area contributed by atoms with E-state index in [-0.39, 0.29) is 11.5 Å². The van der Waals surface area contributed by atoms with Crippen LogP contribution >= 0.6 is 0 Å². The highest BCUT2D eigenvalue weighted by atomic mass is 16.6. The van der Waals surface area contributed by atoms with Gasteiger partial charge >= 0.3 is 5.97 Å². The van der Waals surface area contributed by atoms with Gasteiger partial charge in [-0.05, 0) is 23.8 Å². The SMILES string of the molecule is O=C1OCCCOC1Cc1ccc(OCCn2ncc3ccccc3c2=O)cc1. The quantitative estimate of drug-likeness (QED) is 0.597. The number of rotatable bonds is 6. The molecule has 1 aliphatic rings. The molecule has 0 amide bonds. The van der Waals surface area contributed by atoms with Gasteiger partial charge in [0.15, 0.2) is 6.10 Å². The maximum Gasteiger partial charge on any atom is 0.335 e. The fourth-order valence-electron chi connectivity index (χ4n) is 3.23. The second-order valence-electron chi connectivity index (χ2n) is 6.84. The first-order valence-corrected chi connectivity index (χ1v) is 9.65. The first kappa shape index (κ1) is 19.1. The molecule has 1 atom stereocenters. The zero-order chi connectivity index (χ0) is 20.1. The molecule has 7 heteroatoms. The van der Waals surface area contributed by atoms with Crippen molar-refractivity contribution in [1.29, 1.82) is 0 Å². The molecule has 7 nitrogen and oxygen atoms in total. The van der Waals surface area contributed by atoms with Crippen molar-refractivity contribution >= 4 is 16.7 Å². The third-order valence-corrected chi connectivity index (χ3v) is 4.79. The standard InChI is InChI=1S/C22H22N2O5/c25-21-19-5-2-1-4-17(19)15-23-24(21)10-13-27-18-8-6-16(7-9-18)14-20-22(26)29-12-3-11-28-20/h1-2,4-9,15,20H,3,10-14H2. The second kappa shape index (κ2) is 8.87. The number of hydrogen-bond acceptors (Lipinski definition) is 6. The monoisotopic (exact) mass is 394 g/mol. The van der Waals surface area contributed by atoms with Crippen molar-refractivity contribution in [3.05, 3.63) is 70.6 Å². The highest BCUT2D eigenvalue weighted by molar-refractivity contribution is 5.80. The molecule has 1 aromatic heterocycles. The molecule has 1 fully saturated rings. The van der Waals surface area contributed by atoms with Gasteiger partial charge in [0.05, 0.1) is 31.3 Å². The summed E-state index contributed by atoms with van der Waals surface area (Å²) in [5, 5.41) is 5.67. The summed E-state index contributed by atoms with van der Waals surface area (Å²) in [5.41, 5.74) is 0.839. The highest BCUT2D eigenvalue weighted by Gasteiger charge is 2.23. The van der Waals surface area contributed by atoms with Crippen molar-refractivity contribution in [1.82, 2.24) is 9.78 Å². The number of cyclic esters (lactones) is 1. The zero-order valence-corrected chi connectivity index (χ0v) is 16.0. The smallest absolute Gasteiger partial charge is 0.335 e. The van der Waals surface area contributed by atoms with Gasteiger partial charge in [-0.25, -0.2) is 9.48 Å². The molecule has 0 bridgehead atoms. The molecule has 0 N–H and O–H groups in total. The topological polar surface area (TPSA) is 79.7 Å². The van der Waals surface area contributed by atoms with Crippen LogP contribution in [0.2, 0.25) is 0 Å². The van der Waals surface area contributed by atoms with Crippen LogP contribution in [-0.2, 0) is 27.2 Å². The van der Waals surface area contributed by atoms with Crippen LogP contribution in [0.5, 0.6) is 5.75 Å². The molecule has 0 saturated carbocycles. The maximum atomic E-state index is 12.5. The molecule has 29 heavy (non-hydrogen) atoms. The van der Waals surface area contributed by atoms with Crippen molar-refractivity contribution in [3.63, 3.8) is 0 Å². The summed E-state index contributed by atoms with van der Waals surface area (Å²) in [6.45, 7) is 1.62. The predicted molar refractivity (Wildman–Crippen MR) is 107 cm³/mol. The third kappa shape index (κ3) is 4.63. The summed E-state index contributed by atoms with van der Waals surface area (Å²) in [5.74, 6) is 0.378. The van der Waals surface area contributed by atoms with Crippen molar-refractivity contribution in [2.75, 3.05) is 19.8 Å². The molecule has 150 valence electrons. The Bertz CT molecular complexity index is 1050. The fraction of sp³-hybridized carbons (Fsp3) is 0.318. The number of benzene rings is 2. The van der Waals surface area contributed by atoms with Crippen molar-refractivity contribution in [2.24, 2.45) is 0 Å². The number of carbonyl (C=O) groups excluding carboxylic acids is 1. The van der Waals surface area contributed by atoms with Gasteiger partial charge < -0.3 is 14.2 Å². The summed E-state index contributed by atoms with van der Waals surface area (Å²) in [4.78, 5) is 24.3. The van der Waals surface area contributed by atoms with E-state index in [2.05, 4.69) is 5.10 Å². The average Bonchev–Trinajstić information content (AvgIpc) is 2.95. The molecular weight excluding hydrogens is 372 g/mol. The minimum Gasteiger partial charge on any atom is -0.492 e. The number of hydrogen-bond donors (Lipinski definition) is 0. The molecule has 1 saturated heterocycles. The Kier molecular flexibility index (Phi) is 5.86. The lowest BCUT2D eigenvalue weighted by Crippen LogP contribution is -2.26. The summed E-state index contributed by atoms with van der Waals surface area (Å²) in [6.07, 6.45) is 2.32. The molecule has 1 aliphatic heterocycles. The van der Waals surface area contributed by atoms with Crippen LogP contribution in [0, 0.1) is 0 Å². The van der Waals surface area contributed by atoms with Crippen LogP contribution in [0.3, 0.4) is 0 Å². The number of aromatic nitrogens is 2. The largest absolute Gasteiger partial charge is 0.492 e. The van der Waals surface area contributed by atoms with Gasteiger partial charge in [0.2, 0.25) is 0 Å². The van der Waals surface area contributed by atoms with Crippen molar-refractivity contribution in [2.45, 2.75) is 25.5 Å². The van der Waals surface area contributed by atoms with Crippen LogP contribution in [0.1, 0.15) is 12.0 Å². The lowest BCUT2D eigenvalue weighted by Gasteiger charge is -2.13. The lowest BCUT2D eigenvalue weighted by molar-refractivity contribution is -0.152. The molecule has 2 heterocycles. The Labute approximate surface area is 167 Å². The van der Waals surface area contributed by atoms with E-state index in [1.165, 1.54) is 4.68 Å². The Hall–Kier alpha value is -3.19. The van der Waals surface area contributed by atoms with Crippen LogP contribution in [0.4, 0.5) is 0 Å². The Balaban J connectivity index is 1.33. The van der Waals surface area contributed by atoms with E-state index in [0.717, 1.165) is 17.4 Å². The molecule has 0 radical (unpaired) electrons. The number of carbonyl (C=O) groups is 1. The number of esters is 1. The van der Waals surface area contributed by atoms with Crippen LogP contribution < -0.4 is 10.3 Å². The van der Waals surface area contributed by atoms with Gasteiger partial charge in [-0.15, -0.1) is 0 Å².